The number of benzene rings is 2. The number of anilines is 2. The lowest BCUT2D eigenvalue weighted by Gasteiger charge is -2.21. The number of carbonyl (C=O) groups excluding carboxylic acids is 3. The molecule has 158 valence electrons. The maximum Gasteiger partial charge on any atom is 0.332 e. The topological polar surface area (TPSA) is 79.0 Å². The third-order valence-corrected chi connectivity index (χ3v) is 5.83. The van der Waals surface area contributed by atoms with Crippen LogP contribution in [0.15, 0.2) is 72.1 Å². The van der Waals surface area contributed by atoms with Gasteiger partial charge in [-0.05, 0) is 35.7 Å². The second kappa shape index (κ2) is 9.01. The van der Waals surface area contributed by atoms with Crippen LogP contribution >= 0.6 is 11.3 Å². The van der Waals surface area contributed by atoms with Crippen molar-refractivity contribution in [2.24, 2.45) is 0 Å². The number of nitrogens with one attached hydrogen (secondary N) is 1. The van der Waals surface area contributed by atoms with Gasteiger partial charge in [0.1, 0.15) is 11.8 Å². The lowest BCUT2D eigenvalue weighted by Crippen LogP contribution is -2.37. The molecule has 1 aliphatic heterocycles. The number of ether oxygens (including phenoxy) is 1. The maximum absolute atomic E-state index is 13.3. The van der Waals surface area contributed by atoms with Crippen molar-refractivity contribution < 1.29 is 19.1 Å². The number of hydrogen-bond acceptors (Lipinski definition) is 5. The number of para-hydroxylation sites is 1. The highest BCUT2D eigenvalue weighted by atomic mass is 32.1. The Morgan fingerprint density at radius 3 is 2.58 bits per heavy atom. The van der Waals surface area contributed by atoms with Crippen molar-refractivity contribution in [1.82, 2.24) is 4.90 Å². The van der Waals surface area contributed by atoms with E-state index in [0.29, 0.717) is 17.1 Å². The normalized spacial score (nSPS) is 16.0. The third kappa shape index (κ3) is 4.44. The van der Waals surface area contributed by atoms with E-state index in [9.17, 15) is 14.4 Å². The number of nitrogens with zero attached hydrogens (tertiary/aromatic N) is 2. The maximum atomic E-state index is 13.3. The SMILES string of the molecule is COc1cccc(N2C(=O)[C@@H](CC(=O)Nc3ccccc3)N(Cc3cccs3)C2=O)c1. The van der Waals surface area contributed by atoms with Crippen molar-refractivity contribution in [3.8, 4) is 5.75 Å². The second-order valence-corrected chi connectivity index (χ2v) is 8.03. The van der Waals surface area contributed by atoms with Gasteiger partial charge in [-0.1, -0.05) is 30.3 Å². The quantitative estimate of drug-likeness (QED) is 0.566. The van der Waals surface area contributed by atoms with Crippen LogP contribution in [0.25, 0.3) is 0 Å². The summed E-state index contributed by atoms with van der Waals surface area (Å²) in [6.45, 7) is 0.256. The highest BCUT2D eigenvalue weighted by molar-refractivity contribution is 7.09. The lowest BCUT2D eigenvalue weighted by atomic mass is 10.1. The number of hydrogen-bond donors (Lipinski definition) is 1. The fourth-order valence-corrected chi connectivity index (χ4v) is 4.18. The molecule has 1 fully saturated rings. The Morgan fingerprint density at radius 2 is 1.87 bits per heavy atom. The Kier molecular flexibility index (Phi) is 5.99. The Hall–Kier alpha value is -3.65. The summed E-state index contributed by atoms with van der Waals surface area (Å²) in [7, 11) is 1.52. The lowest BCUT2D eigenvalue weighted by molar-refractivity contribution is -0.124. The molecule has 1 N–H and O–H groups in total. The molecule has 0 radical (unpaired) electrons. The predicted molar refractivity (Wildman–Crippen MR) is 119 cm³/mol. The average molecular weight is 436 g/mol. The molecule has 1 aromatic heterocycles. The van der Waals surface area contributed by atoms with Crippen LogP contribution in [-0.4, -0.2) is 35.9 Å². The first kappa shape index (κ1) is 20.6. The van der Waals surface area contributed by atoms with Crippen LogP contribution in [-0.2, 0) is 16.1 Å². The van der Waals surface area contributed by atoms with E-state index in [4.69, 9.17) is 4.74 Å². The standard InChI is InChI=1S/C23H21N3O4S/c1-30-18-10-5-9-17(13-18)26-22(28)20(14-21(27)24-16-7-3-2-4-8-16)25(23(26)29)15-19-11-6-12-31-19/h2-13,20H,14-15H2,1H3,(H,24,27)/t20-/m1/s1. The van der Waals surface area contributed by atoms with Crippen molar-refractivity contribution >= 4 is 40.6 Å². The summed E-state index contributed by atoms with van der Waals surface area (Å²) in [5.41, 5.74) is 1.05. The largest absolute Gasteiger partial charge is 0.497 e. The number of imide groups is 1. The summed E-state index contributed by atoms with van der Waals surface area (Å²) in [6.07, 6.45) is -0.134. The van der Waals surface area contributed by atoms with Crippen molar-refractivity contribution in [2.75, 3.05) is 17.3 Å². The van der Waals surface area contributed by atoms with Gasteiger partial charge in [-0.3, -0.25) is 9.59 Å². The van der Waals surface area contributed by atoms with Gasteiger partial charge < -0.3 is 15.0 Å². The molecule has 0 bridgehead atoms. The molecule has 3 aromatic rings. The van der Waals surface area contributed by atoms with Crippen LogP contribution in [0.1, 0.15) is 11.3 Å². The molecule has 0 saturated carbocycles. The minimum absolute atomic E-state index is 0.134. The first-order chi connectivity index (χ1) is 15.1. The van der Waals surface area contributed by atoms with Crippen LogP contribution in [0.5, 0.6) is 5.75 Å². The van der Waals surface area contributed by atoms with Crippen molar-refractivity contribution in [3.05, 3.63) is 77.0 Å². The number of amides is 4. The van der Waals surface area contributed by atoms with Crippen LogP contribution in [0.4, 0.5) is 16.2 Å². The first-order valence-corrected chi connectivity index (χ1v) is 10.6. The van der Waals surface area contributed by atoms with E-state index in [1.54, 1.807) is 36.4 Å². The molecule has 2 heterocycles. The molecular weight excluding hydrogens is 414 g/mol. The van der Waals surface area contributed by atoms with Crippen LogP contribution in [0, 0.1) is 0 Å². The molecule has 1 aliphatic rings. The summed E-state index contributed by atoms with van der Waals surface area (Å²) < 4.78 is 5.23. The molecule has 1 saturated heterocycles. The van der Waals surface area contributed by atoms with Gasteiger partial charge in [-0.25, -0.2) is 9.69 Å². The molecule has 7 nitrogen and oxygen atoms in total. The smallest absolute Gasteiger partial charge is 0.332 e. The van der Waals surface area contributed by atoms with Gasteiger partial charge in [0.25, 0.3) is 5.91 Å². The molecule has 0 aliphatic carbocycles. The summed E-state index contributed by atoms with van der Waals surface area (Å²) in [4.78, 5) is 42.7. The molecule has 2 aromatic carbocycles. The molecule has 8 heteroatoms. The second-order valence-electron chi connectivity index (χ2n) is 7.00. The predicted octanol–water partition coefficient (Wildman–Crippen LogP) is 4.12. The van der Waals surface area contributed by atoms with E-state index in [1.807, 2.05) is 35.7 Å². The Labute approximate surface area is 183 Å². The molecule has 0 spiro atoms. The van der Waals surface area contributed by atoms with Crippen LogP contribution in [0.3, 0.4) is 0 Å². The first-order valence-electron chi connectivity index (χ1n) is 9.72. The zero-order chi connectivity index (χ0) is 21.8. The van der Waals surface area contributed by atoms with Gasteiger partial charge >= 0.3 is 6.03 Å². The minimum atomic E-state index is -0.899. The molecule has 4 amide bonds. The Morgan fingerprint density at radius 1 is 1.06 bits per heavy atom. The summed E-state index contributed by atoms with van der Waals surface area (Å²) in [6, 6.07) is 18.2. The highest BCUT2D eigenvalue weighted by Crippen LogP contribution is 2.31. The fourth-order valence-electron chi connectivity index (χ4n) is 3.48. The molecule has 31 heavy (non-hydrogen) atoms. The number of carbonyl (C=O) groups is 3. The number of methoxy groups -OCH3 is 1. The van der Waals surface area contributed by atoms with E-state index in [0.717, 1.165) is 9.78 Å². The van der Waals surface area contributed by atoms with E-state index >= 15 is 0 Å². The molecule has 0 unspecified atom stereocenters. The van der Waals surface area contributed by atoms with Crippen LogP contribution < -0.4 is 15.0 Å². The molecular formula is C23H21N3O4S. The van der Waals surface area contributed by atoms with Gasteiger partial charge in [-0.2, -0.15) is 0 Å². The van der Waals surface area contributed by atoms with Gasteiger partial charge in [0.15, 0.2) is 0 Å². The molecule has 4 rings (SSSR count). The van der Waals surface area contributed by atoms with E-state index in [1.165, 1.54) is 23.3 Å². The third-order valence-electron chi connectivity index (χ3n) is 4.97. The van der Waals surface area contributed by atoms with Gasteiger partial charge in [-0.15, -0.1) is 11.3 Å². The number of urea groups is 1. The van der Waals surface area contributed by atoms with Gasteiger partial charge in [0, 0.05) is 16.6 Å². The monoisotopic (exact) mass is 435 g/mol. The van der Waals surface area contributed by atoms with E-state index in [2.05, 4.69) is 5.32 Å². The zero-order valence-corrected chi connectivity index (χ0v) is 17.7. The highest BCUT2D eigenvalue weighted by Gasteiger charge is 2.46. The van der Waals surface area contributed by atoms with E-state index < -0.39 is 18.0 Å². The number of rotatable bonds is 7. The Balaban J connectivity index is 1.60. The van der Waals surface area contributed by atoms with Gasteiger partial charge in [0.05, 0.1) is 25.8 Å². The molecule has 1 atom stereocenters. The van der Waals surface area contributed by atoms with Gasteiger partial charge in [0.2, 0.25) is 5.91 Å². The fraction of sp³-hybridized carbons (Fsp3) is 0.174. The minimum Gasteiger partial charge on any atom is -0.497 e. The van der Waals surface area contributed by atoms with E-state index in [-0.39, 0.29) is 18.9 Å². The van der Waals surface area contributed by atoms with Crippen molar-refractivity contribution in [1.29, 1.82) is 0 Å². The number of thiophene rings is 1. The summed E-state index contributed by atoms with van der Waals surface area (Å²) in [5.74, 6) is -0.229. The Bertz CT molecular complexity index is 1090. The average Bonchev–Trinajstić information content (AvgIpc) is 3.37. The summed E-state index contributed by atoms with van der Waals surface area (Å²) in [5, 5.41) is 4.70. The van der Waals surface area contributed by atoms with Crippen molar-refractivity contribution in [2.45, 2.75) is 19.0 Å². The zero-order valence-electron chi connectivity index (χ0n) is 16.9. The van der Waals surface area contributed by atoms with Crippen LogP contribution in [0.2, 0.25) is 0 Å². The van der Waals surface area contributed by atoms with Crippen molar-refractivity contribution in [3.63, 3.8) is 0 Å². The summed E-state index contributed by atoms with van der Waals surface area (Å²) >= 11 is 1.50.